The van der Waals surface area contributed by atoms with Gasteiger partial charge in [-0.15, -0.1) is 5.46 Å². The van der Waals surface area contributed by atoms with Gasteiger partial charge in [-0.3, -0.25) is 0 Å². The Kier molecular flexibility index (Phi) is 2.90. The molecule has 1 aromatic rings. The van der Waals surface area contributed by atoms with Gasteiger partial charge in [-0.2, -0.15) is 0 Å². The van der Waals surface area contributed by atoms with E-state index in [2.05, 4.69) is 0 Å². The van der Waals surface area contributed by atoms with E-state index in [1.165, 1.54) is 25.1 Å². The van der Waals surface area contributed by atoms with Gasteiger partial charge in [-0.25, -0.2) is 13.6 Å². The van der Waals surface area contributed by atoms with Crippen LogP contribution < -0.4 is 16.2 Å². The van der Waals surface area contributed by atoms with Crippen LogP contribution in [0.4, 0.5) is 0 Å². The first-order chi connectivity index (χ1) is 6.62. The molecule has 6 N–H and O–H groups in total. The van der Waals surface area contributed by atoms with Crippen LogP contribution in [-0.2, 0) is 10.0 Å². The van der Waals surface area contributed by atoms with Crippen molar-refractivity contribution in [2.45, 2.75) is 11.8 Å². The molecule has 0 unspecified atom stereocenters. The van der Waals surface area contributed by atoms with E-state index < -0.39 is 16.7 Å². The SMILES string of the molecule is Cc1cc([B-](N)(O)O)ccc1S(N)(=O)=O. The topological polar surface area (TPSA) is 127 Å². The van der Waals surface area contributed by atoms with E-state index in [0.29, 0.717) is 5.56 Å². The van der Waals surface area contributed by atoms with Crippen molar-refractivity contribution in [1.82, 2.24) is 0 Å². The summed E-state index contributed by atoms with van der Waals surface area (Å²) in [6.45, 7) is -1.62. The van der Waals surface area contributed by atoms with Gasteiger partial charge in [0, 0.05) is 0 Å². The van der Waals surface area contributed by atoms with Crippen LogP contribution in [-0.4, -0.2) is 25.2 Å². The minimum Gasteiger partial charge on any atom is -0.566 e. The zero-order chi connectivity index (χ0) is 11.9. The van der Waals surface area contributed by atoms with Crippen molar-refractivity contribution in [2.24, 2.45) is 10.8 Å². The molecule has 0 bridgehead atoms. The van der Waals surface area contributed by atoms with Gasteiger partial charge in [0.1, 0.15) is 0 Å². The molecule has 0 amide bonds. The Morgan fingerprint density at radius 3 is 2.20 bits per heavy atom. The Balaban J connectivity index is 3.34. The number of sulfonamides is 1. The fourth-order valence-electron chi connectivity index (χ4n) is 1.26. The van der Waals surface area contributed by atoms with E-state index in [1.54, 1.807) is 0 Å². The van der Waals surface area contributed by atoms with Crippen LogP contribution in [0.25, 0.3) is 0 Å². The summed E-state index contributed by atoms with van der Waals surface area (Å²) in [5, 5.41) is 23.2. The summed E-state index contributed by atoms with van der Waals surface area (Å²) in [7, 11) is -3.79. The average molecular weight is 231 g/mol. The Labute approximate surface area is 87.6 Å². The fraction of sp³-hybridized carbons (Fsp3) is 0.143. The van der Waals surface area contributed by atoms with Gasteiger partial charge in [0.25, 0.3) is 0 Å². The Bertz CT molecular complexity index is 480. The number of nitrogens with two attached hydrogens (primary N) is 2. The van der Waals surface area contributed by atoms with Crippen LogP contribution in [0.15, 0.2) is 23.1 Å². The molecule has 0 saturated heterocycles. The quantitative estimate of drug-likeness (QED) is 0.427. The van der Waals surface area contributed by atoms with Crippen LogP contribution in [0.3, 0.4) is 0 Å². The molecule has 0 atom stereocenters. The molecular weight excluding hydrogens is 219 g/mol. The first-order valence-electron chi connectivity index (χ1n) is 4.15. The van der Waals surface area contributed by atoms with Gasteiger partial charge >= 0.3 is 6.69 Å². The van der Waals surface area contributed by atoms with Gasteiger partial charge in [0.15, 0.2) is 0 Å². The van der Waals surface area contributed by atoms with Crippen molar-refractivity contribution < 1.29 is 18.5 Å². The van der Waals surface area contributed by atoms with E-state index in [-0.39, 0.29) is 10.4 Å². The monoisotopic (exact) mass is 231 g/mol. The molecule has 0 aliphatic heterocycles. The number of primary sulfonamides is 1. The third kappa shape index (κ3) is 2.77. The minimum absolute atomic E-state index is 0.0555. The predicted molar refractivity (Wildman–Crippen MR) is 56.6 cm³/mol. The lowest BCUT2D eigenvalue weighted by molar-refractivity contribution is 0.383. The largest absolute Gasteiger partial charge is 0.566 e. The van der Waals surface area contributed by atoms with Gasteiger partial charge in [-0.05, 0) is 18.6 Å². The molecule has 0 saturated carbocycles. The lowest BCUT2D eigenvalue weighted by Crippen LogP contribution is -2.58. The molecule has 0 fully saturated rings. The predicted octanol–water partition coefficient (Wildman–Crippen LogP) is -2.27. The molecule has 0 radical (unpaired) electrons. The van der Waals surface area contributed by atoms with E-state index in [4.69, 9.17) is 20.8 Å². The maximum Gasteiger partial charge on any atom is 0.337 e. The molecule has 6 nitrogen and oxygen atoms in total. The first-order valence-corrected chi connectivity index (χ1v) is 5.70. The first kappa shape index (κ1) is 12.1. The van der Waals surface area contributed by atoms with Gasteiger partial charge in [-0.1, -0.05) is 12.1 Å². The molecule has 1 aromatic carbocycles. The van der Waals surface area contributed by atoms with Crippen LogP contribution in [0.5, 0.6) is 0 Å². The number of hydrogen-bond acceptors (Lipinski definition) is 5. The normalized spacial score (nSPS) is 12.9. The molecule has 1 rings (SSSR count). The second-order valence-electron chi connectivity index (χ2n) is 3.41. The number of benzene rings is 1. The highest BCUT2D eigenvalue weighted by Gasteiger charge is 2.18. The van der Waals surface area contributed by atoms with Crippen LogP contribution in [0, 0.1) is 6.92 Å². The minimum atomic E-state index is -3.79. The highest BCUT2D eigenvalue weighted by molar-refractivity contribution is 7.89. The zero-order valence-electron chi connectivity index (χ0n) is 8.08. The molecule has 84 valence electrons. The molecule has 0 heterocycles. The summed E-state index contributed by atoms with van der Waals surface area (Å²) in [5.41, 5.74) is 5.45. The summed E-state index contributed by atoms with van der Waals surface area (Å²) < 4.78 is 22.1. The van der Waals surface area contributed by atoms with Crippen LogP contribution in [0.2, 0.25) is 0 Å². The third-order valence-corrected chi connectivity index (χ3v) is 3.07. The van der Waals surface area contributed by atoms with E-state index in [9.17, 15) is 8.42 Å². The van der Waals surface area contributed by atoms with Crippen LogP contribution in [0.1, 0.15) is 5.56 Å². The Hall–Kier alpha value is -0.925. The summed E-state index contributed by atoms with van der Waals surface area (Å²) in [5.74, 6) is 0. The molecule has 0 aromatic heterocycles. The lowest BCUT2D eigenvalue weighted by atomic mass is 9.66. The standard InChI is InChI=1S/C7H12BN2O4S/c1-5-4-6(8(9,11)12)2-3-7(5)15(10,13)14/h2-4,11-12H,9H2,1H3,(H2,10,13,14)/q-1. The molecule has 8 heteroatoms. The van der Waals surface area contributed by atoms with Crippen molar-refractivity contribution in [3.63, 3.8) is 0 Å². The molecule has 0 spiro atoms. The smallest absolute Gasteiger partial charge is 0.337 e. The van der Waals surface area contributed by atoms with Crippen LogP contribution >= 0.6 is 0 Å². The molecular formula is C7H12BN2O4S-. The zero-order valence-corrected chi connectivity index (χ0v) is 8.90. The maximum absolute atomic E-state index is 11.0. The summed E-state index contributed by atoms with van der Waals surface area (Å²) in [4.78, 5) is -0.0636. The van der Waals surface area contributed by atoms with Gasteiger partial charge in [0.05, 0.1) is 4.90 Å². The van der Waals surface area contributed by atoms with Gasteiger partial charge in [0.2, 0.25) is 10.0 Å². The van der Waals surface area contributed by atoms with Gasteiger partial charge < -0.3 is 15.7 Å². The highest BCUT2D eigenvalue weighted by Crippen LogP contribution is 2.11. The summed E-state index contributed by atoms with van der Waals surface area (Å²) >= 11 is 0. The Morgan fingerprint density at radius 1 is 1.33 bits per heavy atom. The van der Waals surface area contributed by atoms with Crippen molar-refractivity contribution in [1.29, 1.82) is 0 Å². The maximum atomic E-state index is 11.0. The van der Waals surface area contributed by atoms with E-state index in [0.717, 1.165) is 0 Å². The lowest BCUT2D eigenvalue weighted by Gasteiger charge is -2.23. The second kappa shape index (κ2) is 3.58. The summed E-state index contributed by atoms with van der Waals surface area (Å²) in [6, 6.07) is 3.68. The van der Waals surface area contributed by atoms with E-state index >= 15 is 0 Å². The van der Waals surface area contributed by atoms with Crippen molar-refractivity contribution in [3.05, 3.63) is 23.8 Å². The number of aryl methyl sites for hydroxylation is 1. The summed E-state index contributed by atoms with van der Waals surface area (Å²) in [6.07, 6.45) is 0. The third-order valence-electron chi connectivity index (χ3n) is 2.00. The number of hydrogen-bond donors (Lipinski definition) is 4. The van der Waals surface area contributed by atoms with Crippen molar-refractivity contribution >= 4 is 22.2 Å². The molecule has 15 heavy (non-hydrogen) atoms. The highest BCUT2D eigenvalue weighted by atomic mass is 32.2. The number of rotatable bonds is 2. The fourth-order valence-corrected chi connectivity index (χ4v) is 2.02. The second-order valence-corrected chi connectivity index (χ2v) is 4.94. The van der Waals surface area contributed by atoms with Crippen molar-refractivity contribution in [3.8, 4) is 0 Å². The average Bonchev–Trinajstić information content (AvgIpc) is 1.99. The van der Waals surface area contributed by atoms with Crippen molar-refractivity contribution in [2.75, 3.05) is 0 Å². The Morgan fingerprint density at radius 2 is 1.87 bits per heavy atom. The molecule has 0 aliphatic carbocycles. The molecule has 0 aliphatic rings. The van der Waals surface area contributed by atoms with E-state index in [1.807, 2.05) is 0 Å².